The van der Waals surface area contributed by atoms with Crippen molar-refractivity contribution in [1.82, 2.24) is 4.90 Å². The molecule has 0 radical (unpaired) electrons. The Kier molecular flexibility index (Phi) is 7.45. The number of rotatable bonds is 7. The molecule has 1 fully saturated rings. The lowest BCUT2D eigenvalue weighted by atomic mass is 10.1. The van der Waals surface area contributed by atoms with Crippen LogP contribution in [0.1, 0.15) is 5.56 Å². The van der Waals surface area contributed by atoms with Crippen molar-refractivity contribution in [2.45, 2.75) is 0 Å². The molecule has 1 aliphatic heterocycles. The van der Waals surface area contributed by atoms with Gasteiger partial charge in [-0.25, -0.2) is 0 Å². The van der Waals surface area contributed by atoms with E-state index < -0.39 is 11.9 Å². The van der Waals surface area contributed by atoms with Crippen LogP contribution in [-0.4, -0.2) is 49.3 Å². The van der Waals surface area contributed by atoms with E-state index in [2.05, 4.69) is 15.9 Å². The second-order valence-electron chi connectivity index (χ2n) is 6.44. The molecule has 0 spiro atoms. The number of anilines is 1. The summed E-state index contributed by atoms with van der Waals surface area (Å²) in [6.07, 6.45) is 1.57. The first-order valence-electron chi connectivity index (χ1n) is 9.27. The molecule has 1 heterocycles. The SMILES string of the molecule is COC(=O)CN1C(=S)N(c2ccc(OC)cc2)C(=O)/C1=C/c1cc(Br)ccc1OCC#N. The number of thiocarbonyl (C=S) groups is 1. The van der Waals surface area contributed by atoms with Crippen molar-refractivity contribution in [3.05, 3.63) is 58.2 Å². The Morgan fingerprint density at radius 2 is 1.94 bits per heavy atom. The molecule has 1 aliphatic rings. The molecule has 0 aromatic heterocycles. The van der Waals surface area contributed by atoms with Crippen LogP contribution in [0.15, 0.2) is 52.6 Å². The summed E-state index contributed by atoms with van der Waals surface area (Å²) in [6.45, 7) is -0.407. The molecule has 0 N–H and O–H groups in total. The Labute approximate surface area is 198 Å². The lowest BCUT2D eigenvalue weighted by molar-refractivity contribution is -0.140. The first-order chi connectivity index (χ1) is 15.4. The largest absolute Gasteiger partial charge is 0.497 e. The maximum absolute atomic E-state index is 13.4. The molecule has 2 aromatic carbocycles. The van der Waals surface area contributed by atoms with E-state index >= 15 is 0 Å². The number of esters is 1. The number of halogens is 1. The average Bonchev–Trinajstić information content (AvgIpc) is 3.02. The van der Waals surface area contributed by atoms with Crippen LogP contribution in [0.4, 0.5) is 5.69 Å². The van der Waals surface area contributed by atoms with Crippen molar-refractivity contribution in [3.63, 3.8) is 0 Å². The van der Waals surface area contributed by atoms with Gasteiger partial charge in [-0.2, -0.15) is 5.26 Å². The lowest BCUT2D eigenvalue weighted by Gasteiger charge is -2.19. The number of nitriles is 1. The van der Waals surface area contributed by atoms with Crippen LogP contribution < -0.4 is 14.4 Å². The molecule has 0 unspecified atom stereocenters. The van der Waals surface area contributed by atoms with Crippen molar-refractivity contribution in [2.24, 2.45) is 0 Å². The van der Waals surface area contributed by atoms with Crippen molar-refractivity contribution < 1.29 is 23.8 Å². The van der Waals surface area contributed by atoms with E-state index in [4.69, 9.17) is 31.7 Å². The maximum Gasteiger partial charge on any atom is 0.325 e. The number of carbonyl (C=O) groups excluding carboxylic acids is 2. The Bertz CT molecular complexity index is 1130. The van der Waals surface area contributed by atoms with E-state index in [-0.39, 0.29) is 24.0 Å². The van der Waals surface area contributed by atoms with E-state index in [0.29, 0.717) is 22.7 Å². The number of hydrogen-bond donors (Lipinski definition) is 0. The number of ether oxygens (including phenoxy) is 3. The fourth-order valence-corrected chi connectivity index (χ4v) is 3.74. The fraction of sp³-hybridized carbons (Fsp3) is 0.182. The van der Waals surface area contributed by atoms with Gasteiger partial charge in [-0.05, 0) is 60.8 Å². The number of hydrogen-bond acceptors (Lipinski definition) is 7. The van der Waals surface area contributed by atoms with Gasteiger partial charge in [0, 0.05) is 10.0 Å². The summed E-state index contributed by atoms with van der Waals surface area (Å²) in [6, 6.07) is 13.9. The molecule has 164 valence electrons. The Morgan fingerprint density at radius 3 is 2.56 bits per heavy atom. The Balaban J connectivity index is 2.08. The van der Waals surface area contributed by atoms with Gasteiger partial charge in [0.15, 0.2) is 11.7 Å². The molecular formula is C22H18BrN3O5S. The summed E-state index contributed by atoms with van der Waals surface area (Å²) >= 11 is 8.94. The highest BCUT2D eigenvalue weighted by Gasteiger charge is 2.40. The normalized spacial score (nSPS) is 14.5. The highest BCUT2D eigenvalue weighted by molar-refractivity contribution is 9.10. The quantitative estimate of drug-likeness (QED) is 0.314. The van der Waals surface area contributed by atoms with Crippen LogP contribution in [0.5, 0.6) is 11.5 Å². The predicted molar refractivity (Wildman–Crippen MR) is 125 cm³/mol. The molecule has 1 saturated heterocycles. The topological polar surface area (TPSA) is 92.1 Å². The van der Waals surface area contributed by atoms with Crippen molar-refractivity contribution in [1.29, 1.82) is 5.26 Å². The van der Waals surface area contributed by atoms with Crippen molar-refractivity contribution in [3.8, 4) is 17.6 Å². The molecule has 3 rings (SSSR count). The molecule has 10 heteroatoms. The maximum atomic E-state index is 13.4. The molecule has 0 saturated carbocycles. The minimum atomic E-state index is -0.558. The summed E-state index contributed by atoms with van der Waals surface area (Å²) in [5.41, 5.74) is 1.22. The summed E-state index contributed by atoms with van der Waals surface area (Å²) in [4.78, 5) is 28.2. The van der Waals surface area contributed by atoms with Gasteiger partial charge >= 0.3 is 5.97 Å². The number of carbonyl (C=O) groups is 2. The van der Waals surface area contributed by atoms with E-state index in [1.165, 1.54) is 16.9 Å². The predicted octanol–water partition coefficient (Wildman–Crippen LogP) is 3.51. The van der Waals surface area contributed by atoms with Gasteiger partial charge in [0.1, 0.15) is 29.8 Å². The van der Waals surface area contributed by atoms with E-state index in [1.54, 1.807) is 55.7 Å². The second-order valence-corrected chi connectivity index (χ2v) is 7.72. The standard InChI is InChI=1S/C22H18BrN3O5S/c1-29-17-6-4-16(5-7-17)26-21(28)18(25(22(26)32)13-20(27)30-2)12-14-11-15(23)3-8-19(14)31-10-9-24/h3-8,11-12H,10,13H2,1-2H3/b18-12-. The third kappa shape index (κ3) is 4.90. The third-order valence-corrected chi connectivity index (χ3v) is 5.43. The van der Waals surface area contributed by atoms with Crippen LogP contribution in [-0.2, 0) is 14.3 Å². The summed E-state index contributed by atoms with van der Waals surface area (Å²) in [7, 11) is 2.81. The molecule has 1 amide bonds. The zero-order chi connectivity index (χ0) is 23.3. The van der Waals surface area contributed by atoms with Crippen LogP contribution in [0.3, 0.4) is 0 Å². The third-order valence-electron chi connectivity index (χ3n) is 4.54. The lowest BCUT2D eigenvalue weighted by Crippen LogP contribution is -2.35. The smallest absolute Gasteiger partial charge is 0.325 e. The number of methoxy groups -OCH3 is 2. The van der Waals surface area contributed by atoms with Gasteiger partial charge in [-0.3, -0.25) is 14.5 Å². The van der Waals surface area contributed by atoms with E-state index in [9.17, 15) is 9.59 Å². The van der Waals surface area contributed by atoms with Crippen molar-refractivity contribution in [2.75, 3.05) is 32.3 Å². The molecule has 0 bridgehead atoms. The van der Waals surface area contributed by atoms with Gasteiger partial charge in [-0.1, -0.05) is 15.9 Å². The van der Waals surface area contributed by atoms with Crippen LogP contribution in [0.2, 0.25) is 0 Å². The van der Waals surface area contributed by atoms with Crippen LogP contribution in [0, 0.1) is 11.3 Å². The number of amides is 1. The highest BCUT2D eigenvalue weighted by Crippen LogP contribution is 2.32. The van der Waals surface area contributed by atoms with E-state index in [0.717, 1.165) is 4.47 Å². The van der Waals surface area contributed by atoms with Crippen LogP contribution >= 0.6 is 28.1 Å². The number of benzene rings is 2. The van der Waals surface area contributed by atoms with Gasteiger partial charge in [0.25, 0.3) is 5.91 Å². The molecule has 2 aromatic rings. The van der Waals surface area contributed by atoms with Crippen LogP contribution in [0.25, 0.3) is 6.08 Å². The van der Waals surface area contributed by atoms with Gasteiger partial charge in [0.2, 0.25) is 0 Å². The van der Waals surface area contributed by atoms with Gasteiger partial charge in [-0.15, -0.1) is 0 Å². The summed E-state index contributed by atoms with van der Waals surface area (Å²) in [5, 5.41) is 8.99. The first kappa shape index (κ1) is 23.2. The molecule has 8 nitrogen and oxygen atoms in total. The minimum absolute atomic E-state index is 0.131. The number of nitrogens with zero attached hydrogens (tertiary/aromatic N) is 3. The Morgan fingerprint density at radius 1 is 1.22 bits per heavy atom. The molecular weight excluding hydrogens is 498 g/mol. The summed E-state index contributed by atoms with van der Waals surface area (Å²) < 4.78 is 16.2. The van der Waals surface area contributed by atoms with E-state index in [1.807, 2.05) is 6.07 Å². The van der Waals surface area contributed by atoms with Gasteiger partial charge in [0.05, 0.1) is 19.9 Å². The molecule has 0 atom stereocenters. The second kappa shape index (κ2) is 10.3. The highest BCUT2D eigenvalue weighted by atomic mass is 79.9. The molecule has 32 heavy (non-hydrogen) atoms. The molecule has 0 aliphatic carbocycles. The fourth-order valence-electron chi connectivity index (χ4n) is 3.01. The average molecular weight is 516 g/mol. The van der Waals surface area contributed by atoms with Gasteiger partial charge < -0.3 is 19.1 Å². The monoisotopic (exact) mass is 515 g/mol. The van der Waals surface area contributed by atoms with Crippen molar-refractivity contribution >= 4 is 56.9 Å². The Hall–Kier alpha value is -3.42. The zero-order valence-corrected chi connectivity index (χ0v) is 19.6. The summed E-state index contributed by atoms with van der Waals surface area (Å²) in [5.74, 6) is 0.0527. The zero-order valence-electron chi connectivity index (χ0n) is 17.2. The first-order valence-corrected chi connectivity index (χ1v) is 10.5. The minimum Gasteiger partial charge on any atom is -0.497 e.